The molecule has 0 radical (unpaired) electrons. The molecule has 1 saturated heterocycles. The van der Waals surface area contributed by atoms with Crippen molar-refractivity contribution in [3.63, 3.8) is 0 Å². The summed E-state index contributed by atoms with van der Waals surface area (Å²) < 4.78 is 10.3. The molecule has 0 unspecified atom stereocenters. The van der Waals surface area contributed by atoms with Gasteiger partial charge in [0.15, 0.2) is 0 Å². The van der Waals surface area contributed by atoms with E-state index in [0.717, 1.165) is 5.56 Å². The highest BCUT2D eigenvalue weighted by Crippen LogP contribution is 2.16. The van der Waals surface area contributed by atoms with Crippen molar-refractivity contribution in [1.29, 1.82) is 0 Å². The first-order valence-electron chi connectivity index (χ1n) is 6.47. The van der Waals surface area contributed by atoms with E-state index in [0.29, 0.717) is 25.9 Å². The molecule has 1 aliphatic rings. The molecule has 20 heavy (non-hydrogen) atoms. The van der Waals surface area contributed by atoms with E-state index in [4.69, 9.17) is 9.47 Å². The van der Waals surface area contributed by atoms with Crippen LogP contribution >= 0.6 is 22.6 Å². The van der Waals surface area contributed by atoms with Gasteiger partial charge in [-0.15, -0.1) is 0 Å². The Balaban J connectivity index is 1.69. The number of likely N-dealkylation sites (tertiary alicyclic amines) is 1. The van der Waals surface area contributed by atoms with Crippen LogP contribution in [0.2, 0.25) is 0 Å². The Hall–Kier alpha value is -1.31. The van der Waals surface area contributed by atoms with Crippen LogP contribution in [0.4, 0.5) is 9.59 Å². The van der Waals surface area contributed by atoms with Crippen molar-refractivity contribution in [2.24, 2.45) is 0 Å². The van der Waals surface area contributed by atoms with Crippen LogP contribution in [0.25, 0.3) is 0 Å². The van der Waals surface area contributed by atoms with Crippen LogP contribution in [0.3, 0.4) is 0 Å². The van der Waals surface area contributed by atoms with Gasteiger partial charge in [0.2, 0.25) is 0 Å². The number of halogens is 1. The smallest absolute Gasteiger partial charge is 0.431 e. The molecule has 1 aromatic rings. The van der Waals surface area contributed by atoms with Crippen LogP contribution in [0.15, 0.2) is 30.3 Å². The van der Waals surface area contributed by atoms with Crippen LogP contribution in [-0.4, -0.2) is 34.2 Å². The van der Waals surface area contributed by atoms with E-state index in [1.165, 1.54) is 0 Å². The van der Waals surface area contributed by atoms with Crippen LogP contribution < -0.4 is 0 Å². The molecule has 1 aliphatic heterocycles. The standard InChI is InChI=1S/C14H16INO4/c15-13(17)16-8-6-12(7-9-16)20-14(18)19-10-11-4-2-1-3-5-11/h1-5,12H,6-10H2. The lowest BCUT2D eigenvalue weighted by Crippen LogP contribution is -2.38. The van der Waals surface area contributed by atoms with Gasteiger partial charge in [-0.2, -0.15) is 0 Å². The number of piperidine rings is 1. The predicted octanol–water partition coefficient (Wildman–Crippen LogP) is 3.36. The minimum absolute atomic E-state index is 0.0349. The third-order valence-corrected chi connectivity index (χ3v) is 3.84. The number of hydrogen-bond donors (Lipinski definition) is 0. The predicted molar refractivity (Wildman–Crippen MR) is 81.7 cm³/mol. The number of amides is 1. The second kappa shape index (κ2) is 7.47. The molecule has 108 valence electrons. The largest absolute Gasteiger partial charge is 0.508 e. The number of rotatable bonds is 3. The third-order valence-electron chi connectivity index (χ3n) is 3.15. The Kier molecular flexibility index (Phi) is 5.63. The fourth-order valence-corrected chi connectivity index (χ4v) is 2.52. The van der Waals surface area contributed by atoms with Gasteiger partial charge >= 0.3 is 6.16 Å². The molecule has 0 saturated carbocycles. The number of benzene rings is 1. The van der Waals surface area contributed by atoms with E-state index < -0.39 is 6.16 Å². The summed E-state index contributed by atoms with van der Waals surface area (Å²) in [7, 11) is 0. The molecule has 0 aromatic heterocycles. The van der Waals surface area contributed by atoms with E-state index in [9.17, 15) is 9.59 Å². The summed E-state index contributed by atoms with van der Waals surface area (Å²) in [5.41, 5.74) is 0.926. The quantitative estimate of drug-likeness (QED) is 0.344. The van der Waals surface area contributed by atoms with Crippen molar-refractivity contribution in [3.05, 3.63) is 35.9 Å². The average Bonchev–Trinajstić information content (AvgIpc) is 2.47. The summed E-state index contributed by atoms with van der Waals surface area (Å²) in [6.07, 6.45) is 0.517. The summed E-state index contributed by atoms with van der Waals surface area (Å²) >= 11 is 1.77. The summed E-state index contributed by atoms with van der Waals surface area (Å²) in [6, 6.07) is 9.46. The lowest BCUT2D eigenvalue weighted by atomic mass is 10.1. The van der Waals surface area contributed by atoms with Gasteiger partial charge < -0.3 is 14.4 Å². The molecule has 5 nitrogen and oxygen atoms in total. The number of ether oxygens (including phenoxy) is 2. The van der Waals surface area contributed by atoms with Gasteiger partial charge in [0.25, 0.3) is 3.91 Å². The molecule has 2 rings (SSSR count). The topological polar surface area (TPSA) is 55.8 Å². The van der Waals surface area contributed by atoms with Gasteiger partial charge in [0.1, 0.15) is 12.7 Å². The Morgan fingerprint density at radius 1 is 1.20 bits per heavy atom. The van der Waals surface area contributed by atoms with Crippen molar-refractivity contribution >= 4 is 32.7 Å². The van der Waals surface area contributed by atoms with Gasteiger partial charge in [-0.3, -0.25) is 4.79 Å². The zero-order valence-electron chi connectivity index (χ0n) is 11.0. The highest BCUT2D eigenvalue weighted by Gasteiger charge is 2.24. The fourth-order valence-electron chi connectivity index (χ4n) is 2.04. The number of hydrogen-bond acceptors (Lipinski definition) is 4. The normalized spacial score (nSPS) is 15.8. The van der Waals surface area contributed by atoms with Crippen molar-refractivity contribution in [1.82, 2.24) is 4.90 Å². The average molecular weight is 389 g/mol. The van der Waals surface area contributed by atoms with Gasteiger partial charge in [0.05, 0.1) is 0 Å². The second-order valence-corrected chi connectivity index (χ2v) is 5.50. The third kappa shape index (κ3) is 4.66. The number of carbonyl (C=O) groups is 2. The summed E-state index contributed by atoms with van der Waals surface area (Å²) in [6.45, 7) is 1.46. The van der Waals surface area contributed by atoms with Crippen molar-refractivity contribution < 1.29 is 19.1 Å². The SMILES string of the molecule is O=C(OCc1ccccc1)OC1CCN(C(=O)I)CC1. The summed E-state index contributed by atoms with van der Waals surface area (Å²) in [4.78, 5) is 24.5. The summed E-state index contributed by atoms with van der Waals surface area (Å²) in [5.74, 6) is 0. The zero-order chi connectivity index (χ0) is 14.4. The summed E-state index contributed by atoms with van der Waals surface area (Å²) in [5, 5.41) is 0. The van der Waals surface area contributed by atoms with E-state index in [1.807, 2.05) is 30.3 Å². The Bertz CT molecular complexity index is 458. The molecule has 1 heterocycles. The highest BCUT2D eigenvalue weighted by molar-refractivity contribution is 14.1. The molecule has 0 N–H and O–H groups in total. The van der Waals surface area contributed by atoms with Crippen molar-refractivity contribution in [3.8, 4) is 0 Å². The maximum Gasteiger partial charge on any atom is 0.508 e. The number of carbonyl (C=O) groups excluding carboxylic acids is 2. The molecular weight excluding hydrogens is 373 g/mol. The highest BCUT2D eigenvalue weighted by atomic mass is 127. The Labute approximate surface area is 131 Å². The first-order valence-corrected chi connectivity index (χ1v) is 7.55. The lowest BCUT2D eigenvalue weighted by molar-refractivity contribution is 0.00185. The molecule has 0 bridgehead atoms. The molecule has 0 spiro atoms. The van der Waals surface area contributed by atoms with Gasteiger partial charge in [-0.25, -0.2) is 4.79 Å². The van der Waals surface area contributed by atoms with Crippen LogP contribution in [0.1, 0.15) is 18.4 Å². The van der Waals surface area contributed by atoms with Crippen molar-refractivity contribution in [2.45, 2.75) is 25.6 Å². The fraction of sp³-hybridized carbons (Fsp3) is 0.429. The zero-order valence-corrected chi connectivity index (χ0v) is 13.1. The maximum atomic E-state index is 11.6. The van der Waals surface area contributed by atoms with E-state index in [2.05, 4.69) is 0 Å². The van der Waals surface area contributed by atoms with Crippen molar-refractivity contribution in [2.75, 3.05) is 13.1 Å². The van der Waals surface area contributed by atoms with Crippen LogP contribution in [0, 0.1) is 0 Å². The van der Waals surface area contributed by atoms with E-state index in [-0.39, 0.29) is 16.6 Å². The molecule has 1 amide bonds. The van der Waals surface area contributed by atoms with Crippen LogP contribution in [0.5, 0.6) is 0 Å². The van der Waals surface area contributed by atoms with E-state index >= 15 is 0 Å². The molecule has 1 fully saturated rings. The van der Waals surface area contributed by atoms with Gasteiger partial charge in [-0.05, 0) is 5.56 Å². The van der Waals surface area contributed by atoms with Crippen LogP contribution in [-0.2, 0) is 16.1 Å². The molecule has 1 aromatic carbocycles. The molecule has 6 heteroatoms. The molecule has 0 aliphatic carbocycles. The molecular formula is C14H16INO4. The number of nitrogens with zero attached hydrogens (tertiary/aromatic N) is 1. The minimum Gasteiger partial charge on any atom is -0.431 e. The monoisotopic (exact) mass is 389 g/mol. The maximum absolute atomic E-state index is 11.6. The first kappa shape index (κ1) is 15.1. The van der Waals surface area contributed by atoms with Gasteiger partial charge in [-0.1, -0.05) is 30.3 Å². The Morgan fingerprint density at radius 2 is 1.85 bits per heavy atom. The lowest BCUT2D eigenvalue weighted by Gasteiger charge is -2.29. The second-order valence-electron chi connectivity index (χ2n) is 4.58. The first-order chi connectivity index (χ1) is 9.65. The van der Waals surface area contributed by atoms with Gasteiger partial charge in [0, 0.05) is 48.5 Å². The molecule has 0 atom stereocenters. The van der Waals surface area contributed by atoms with E-state index in [1.54, 1.807) is 27.5 Å². The Morgan fingerprint density at radius 3 is 2.45 bits per heavy atom. The minimum atomic E-state index is -0.645.